The summed E-state index contributed by atoms with van der Waals surface area (Å²) in [7, 11) is 0. The SMILES string of the molecule is CCC/C=C\CCCCOc1ccc(OC(=O)c2ccc(O[C@@H](C)CCCCCC)cc2)cc1. The van der Waals surface area contributed by atoms with Crippen LogP contribution < -0.4 is 14.2 Å². The lowest BCUT2D eigenvalue weighted by Crippen LogP contribution is -2.12. The Kier molecular flexibility index (Phi) is 13.6. The molecular formula is C30H42O4. The molecule has 186 valence electrons. The van der Waals surface area contributed by atoms with Crippen LogP contribution in [0.15, 0.2) is 60.7 Å². The second kappa shape index (κ2) is 16.8. The van der Waals surface area contributed by atoms with Gasteiger partial charge in [0.1, 0.15) is 17.2 Å². The van der Waals surface area contributed by atoms with Gasteiger partial charge in [0, 0.05) is 0 Å². The molecule has 0 bridgehead atoms. The maximum atomic E-state index is 12.5. The van der Waals surface area contributed by atoms with Crippen molar-refractivity contribution in [3.8, 4) is 17.2 Å². The fraction of sp³-hybridized carbons (Fsp3) is 0.500. The second-order valence-corrected chi connectivity index (χ2v) is 8.77. The molecule has 2 rings (SSSR count). The summed E-state index contributed by atoms with van der Waals surface area (Å²) in [5, 5.41) is 0. The van der Waals surface area contributed by atoms with Gasteiger partial charge in [-0.15, -0.1) is 0 Å². The number of rotatable bonds is 17. The molecule has 34 heavy (non-hydrogen) atoms. The van der Waals surface area contributed by atoms with Crippen LogP contribution in [-0.2, 0) is 0 Å². The lowest BCUT2D eigenvalue weighted by Gasteiger charge is -2.14. The summed E-state index contributed by atoms with van der Waals surface area (Å²) in [5.74, 6) is 1.67. The predicted molar refractivity (Wildman–Crippen MR) is 140 cm³/mol. The van der Waals surface area contributed by atoms with Crippen molar-refractivity contribution in [3.63, 3.8) is 0 Å². The van der Waals surface area contributed by atoms with Crippen LogP contribution in [0.1, 0.15) is 95.3 Å². The van der Waals surface area contributed by atoms with Crippen LogP contribution in [0.3, 0.4) is 0 Å². The predicted octanol–water partition coefficient (Wildman–Crippen LogP) is 8.55. The van der Waals surface area contributed by atoms with Gasteiger partial charge in [-0.2, -0.15) is 0 Å². The van der Waals surface area contributed by atoms with Crippen molar-refractivity contribution >= 4 is 5.97 Å². The number of benzene rings is 2. The molecule has 0 saturated heterocycles. The Bertz CT molecular complexity index is 824. The van der Waals surface area contributed by atoms with E-state index in [0.717, 1.165) is 43.6 Å². The maximum absolute atomic E-state index is 12.5. The number of unbranched alkanes of at least 4 members (excludes halogenated alkanes) is 6. The first-order valence-corrected chi connectivity index (χ1v) is 13.0. The van der Waals surface area contributed by atoms with Crippen LogP contribution in [0, 0.1) is 0 Å². The van der Waals surface area contributed by atoms with Gasteiger partial charge >= 0.3 is 5.97 Å². The molecule has 0 amide bonds. The summed E-state index contributed by atoms with van der Waals surface area (Å²) < 4.78 is 17.2. The minimum atomic E-state index is -0.385. The quantitative estimate of drug-likeness (QED) is 0.101. The van der Waals surface area contributed by atoms with Gasteiger partial charge in [-0.1, -0.05) is 51.7 Å². The molecule has 0 aliphatic carbocycles. The summed E-state index contributed by atoms with van der Waals surface area (Å²) in [6.45, 7) is 7.18. The van der Waals surface area contributed by atoms with E-state index < -0.39 is 0 Å². The number of carbonyl (C=O) groups is 1. The van der Waals surface area contributed by atoms with Crippen LogP contribution >= 0.6 is 0 Å². The third-order valence-electron chi connectivity index (χ3n) is 5.58. The minimum Gasteiger partial charge on any atom is -0.494 e. The topological polar surface area (TPSA) is 44.8 Å². The summed E-state index contributed by atoms with van der Waals surface area (Å²) in [5.41, 5.74) is 0.497. The molecule has 0 aliphatic rings. The van der Waals surface area contributed by atoms with Crippen LogP contribution in [0.2, 0.25) is 0 Å². The van der Waals surface area contributed by atoms with Crippen molar-refractivity contribution < 1.29 is 19.0 Å². The number of hydrogen-bond donors (Lipinski definition) is 0. The first-order valence-electron chi connectivity index (χ1n) is 13.0. The molecule has 0 radical (unpaired) electrons. The molecule has 0 aromatic heterocycles. The van der Waals surface area contributed by atoms with Crippen LogP contribution in [0.25, 0.3) is 0 Å². The summed E-state index contributed by atoms with van der Waals surface area (Å²) in [6.07, 6.45) is 16.3. The van der Waals surface area contributed by atoms with E-state index in [9.17, 15) is 4.79 Å². The Balaban J connectivity index is 1.70. The Morgan fingerprint density at radius 2 is 1.44 bits per heavy atom. The fourth-order valence-corrected chi connectivity index (χ4v) is 3.55. The van der Waals surface area contributed by atoms with Crippen LogP contribution in [0.4, 0.5) is 0 Å². The van der Waals surface area contributed by atoms with Crippen molar-refractivity contribution in [2.24, 2.45) is 0 Å². The lowest BCUT2D eigenvalue weighted by molar-refractivity contribution is 0.0734. The van der Waals surface area contributed by atoms with Crippen LogP contribution in [0.5, 0.6) is 17.2 Å². The third kappa shape index (κ3) is 11.4. The summed E-state index contributed by atoms with van der Waals surface area (Å²) >= 11 is 0. The highest BCUT2D eigenvalue weighted by atomic mass is 16.5. The van der Waals surface area contributed by atoms with Gasteiger partial charge in [0.15, 0.2) is 0 Å². The number of hydrogen-bond acceptors (Lipinski definition) is 4. The zero-order chi connectivity index (χ0) is 24.4. The van der Waals surface area contributed by atoms with E-state index in [2.05, 4.69) is 32.9 Å². The van der Waals surface area contributed by atoms with Gasteiger partial charge in [0.05, 0.1) is 18.3 Å². The minimum absolute atomic E-state index is 0.165. The van der Waals surface area contributed by atoms with Gasteiger partial charge in [0.2, 0.25) is 0 Å². The van der Waals surface area contributed by atoms with Crippen LogP contribution in [-0.4, -0.2) is 18.7 Å². The highest BCUT2D eigenvalue weighted by Crippen LogP contribution is 2.21. The third-order valence-corrected chi connectivity index (χ3v) is 5.58. The Morgan fingerprint density at radius 1 is 0.765 bits per heavy atom. The Hall–Kier alpha value is -2.75. The number of ether oxygens (including phenoxy) is 3. The van der Waals surface area contributed by atoms with E-state index in [-0.39, 0.29) is 12.1 Å². The standard InChI is InChI=1S/C30H42O4/c1-4-6-8-10-11-12-14-24-32-27-20-22-29(23-21-27)34-30(31)26-16-18-28(19-17-26)33-25(3)15-13-9-7-5-2/h8,10,16-23,25H,4-7,9,11-15,24H2,1-3H3/b10-8-/t25-/m0/s1. The van der Waals surface area contributed by atoms with E-state index in [1.807, 2.05) is 24.3 Å². The Morgan fingerprint density at radius 3 is 2.15 bits per heavy atom. The highest BCUT2D eigenvalue weighted by molar-refractivity contribution is 5.91. The molecule has 2 aromatic rings. The van der Waals surface area contributed by atoms with Gasteiger partial charge in [-0.25, -0.2) is 4.79 Å². The molecule has 0 aliphatic heterocycles. The second-order valence-electron chi connectivity index (χ2n) is 8.77. The number of carbonyl (C=O) groups excluding carboxylic acids is 1. The molecule has 2 aromatic carbocycles. The van der Waals surface area contributed by atoms with Gasteiger partial charge < -0.3 is 14.2 Å². The smallest absolute Gasteiger partial charge is 0.343 e. The fourth-order valence-electron chi connectivity index (χ4n) is 3.55. The van der Waals surface area contributed by atoms with E-state index >= 15 is 0 Å². The molecule has 0 unspecified atom stereocenters. The largest absolute Gasteiger partial charge is 0.494 e. The van der Waals surface area contributed by atoms with Gasteiger partial charge in [-0.3, -0.25) is 0 Å². The average molecular weight is 467 g/mol. The molecule has 0 N–H and O–H groups in total. The van der Waals surface area contributed by atoms with Crippen molar-refractivity contribution in [1.29, 1.82) is 0 Å². The zero-order valence-electron chi connectivity index (χ0n) is 21.3. The molecule has 4 nitrogen and oxygen atoms in total. The number of esters is 1. The van der Waals surface area contributed by atoms with E-state index in [1.165, 1.54) is 32.1 Å². The number of allylic oxidation sites excluding steroid dienone is 2. The van der Waals surface area contributed by atoms with Gasteiger partial charge in [-0.05, 0) is 94.0 Å². The Labute approximate surface area is 206 Å². The molecule has 0 spiro atoms. The molecule has 0 heterocycles. The molecule has 4 heteroatoms. The maximum Gasteiger partial charge on any atom is 0.343 e. The monoisotopic (exact) mass is 466 g/mol. The molecular weight excluding hydrogens is 424 g/mol. The van der Waals surface area contributed by atoms with E-state index in [4.69, 9.17) is 14.2 Å². The normalized spacial score (nSPS) is 12.0. The van der Waals surface area contributed by atoms with E-state index in [1.54, 1.807) is 24.3 Å². The zero-order valence-corrected chi connectivity index (χ0v) is 21.3. The summed E-state index contributed by atoms with van der Waals surface area (Å²) in [6, 6.07) is 14.3. The average Bonchev–Trinajstić information content (AvgIpc) is 2.85. The lowest BCUT2D eigenvalue weighted by atomic mass is 10.1. The van der Waals surface area contributed by atoms with Crippen molar-refractivity contribution in [2.75, 3.05) is 6.61 Å². The first kappa shape index (κ1) is 27.5. The van der Waals surface area contributed by atoms with Crippen molar-refractivity contribution in [3.05, 3.63) is 66.2 Å². The first-order chi connectivity index (χ1) is 16.6. The summed E-state index contributed by atoms with van der Waals surface area (Å²) in [4.78, 5) is 12.5. The van der Waals surface area contributed by atoms with Crippen molar-refractivity contribution in [1.82, 2.24) is 0 Å². The molecule has 1 atom stereocenters. The molecule has 0 saturated carbocycles. The molecule has 0 fully saturated rings. The van der Waals surface area contributed by atoms with E-state index in [0.29, 0.717) is 17.9 Å². The van der Waals surface area contributed by atoms with Crippen molar-refractivity contribution in [2.45, 2.75) is 91.1 Å². The van der Waals surface area contributed by atoms with Gasteiger partial charge in [0.25, 0.3) is 0 Å². The highest BCUT2D eigenvalue weighted by Gasteiger charge is 2.10.